The molecule has 20 heavy (non-hydrogen) atoms. The van der Waals surface area contributed by atoms with E-state index in [4.69, 9.17) is 9.47 Å². The van der Waals surface area contributed by atoms with Crippen molar-refractivity contribution in [2.75, 3.05) is 7.11 Å². The fourth-order valence-corrected chi connectivity index (χ4v) is 2.10. The van der Waals surface area contributed by atoms with Crippen LogP contribution in [-0.4, -0.2) is 23.3 Å². The number of hydrogen-bond acceptors (Lipinski definition) is 4. The molecular formula is C16H17NO3. The first-order valence-electron chi connectivity index (χ1n) is 6.70. The van der Waals surface area contributed by atoms with Gasteiger partial charge in [-0.15, -0.1) is 0 Å². The van der Waals surface area contributed by atoms with E-state index in [2.05, 4.69) is 4.98 Å². The van der Waals surface area contributed by atoms with Crippen LogP contribution in [0.25, 0.3) is 0 Å². The van der Waals surface area contributed by atoms with Gasteiger partial charge in [0.05, 0.1) is 19.4 Å². The van der Waals surface area contributed by atoms with Crippen LogP contribution in [0.3, 0.4) is 0 Å². The largest absolute Gasteiger partial charge is 0.495 e. The summed E-state index contributed by atoms with van der Waals surface area (Å²) in [7, 11) is 1.57. The molecule has 1 saturated carbocycles. The van der Waals surface area contributed by atoms with Crippen molar-refractivity contribution in [1.82, 2.24) is 4.98 Å². The predicted octanol–water partition coefficient (Wildman–Crippen LogP) is 2.71. The lowest BCUT2D eigenvalue weighted by molar-refractivity contribution is 0.213. The molecule has 0 bridgehead atoms. The second-order valence-corrected chi connectivity index (χ2v) is 4.91. The molecule has 0 radical (unpaired) electrons. The molecule has 4 nitrogen and oxygen atoms in total. The van der Waals surface area contributed by atoms with Crippen molar-refractivity contribution in [2.24, 2.45) is 0 Å². The zero-order valence-electron chi connectivity index (χ0n) is 11.3. The fraction of sp³-hybridized carbons (Fsp3) is 0.312. The molecule has 1 N–H and O–H groups in total. The van der Waals surface area contributed by atoms with Gasteiger partial charge in [0.1, 0.15) is 17.6 Å². The highest BCUT2D eigenvalue weighted by Crippen LogP contribution is 2.32. The molecule has 0 amide bonds. The molecule has 0 saturated heterocycles. The van der Waals surface area contributed by atoms with Gasteiger partial charge in [-0.25, -0.2) is 0 Å². The lowest BCUT2D eigenvalue weighted by Gasteiger charge is -2.15. The molecule has 1 fully saturated rings. The number of pyridine rings is 1. The van der Waals surface area contributed by atoms with Gasteiger partial charge >= 0.3 is 0 Å². The molecule has 1 atom stereocenters. The van der Waals surface area contributed by atoms with Crippen LogP contribution in [0.4, 0.5) is 0 Å². The maximum absolute atomic E-state index is 10.5. The first-order valence-corrected chi connectivity index (χ1v) is 6.70. The van der Waals surface area contributed by atoms with Crippen molar-refractivity contribution >= 4 is 0 Å². The number of methoxy groups -OCH3 is 1. The number of rotatable bonds is 5. The van der Waals surface area contributed by atoms with Crippen LogP contribution in [-0.2, 0) is 0 Å². The van der Waals surface area contributed by atoms with Crippen LogP contribution in [0.1, 0.15) is 30.1 Å². The number of hydrogen-bond donors (Lipinski definition) is 1. The minimum atomic E-state index is -0.754. The minimum absolute atomic E-state index is 0.345. The first-order chi connectivity index (χ1) is 9.78. The Morgan fingerprint density at radius 1 is 1.30 bits per heavy atom. The molecule has 0 aliphatic heterocycles. The Hall–Kier alpha value is -2.07. The standard InChI is InChI=1S/C16H17NO3/c1-19-15-10-17-8-7-14(15)16(18)11-3-2-4-13(9-11)20-12-5-6-12/h2-4,7-10,12,16,18H,5-6H2,1H3. The van der Waals surface area contributed by atoms with Gasteiger partial charge in [-0.1, -0.05) is 12.1 Å². The van der Waals surface area contributed by atoms with Crippen LogP contribution < -0.4 is 9.47 Å². The maximum atomic E-state index is 10.5. The van der Waals surface area contributed by atoms with Crippen molar-refractivity contribution in [1.29, 1.82) is 0 Å². The monoisotopic (exact) mass is 271 g/mol. The van der Waals surface area contributed by atoms with Gasteiger partial charge in [0.2, 0.25) is 0 Å². The van der Waals surface area contributed by atoms with Crippen molar-refractivity contribution in [3.63, 3.8) is 0 Å². The van der Waals surface area contributed by atoms with E-state index in [9.17, 15) is 5.11 Å². The highest BCUT2D eigenvalue weighted by atomic mass is 16.5. The van der Waals surface area contributed by atoms with Crippen LogP contribution >= 0.6 is 0 Å². The summed E-state index contributed by atoms with van der Waals surface area (Å²) in [6, 6.07) is 9.33. The summed E-state index contributed by atoms with van der Waals surface area (Å²) in [4.78, 5) is 4.00. The van der Waals surface area contributed by atoms with E-state index in [0.717, 1.165) is 24.2 Å². The van der Waals surface area contributed by atoms with Gasteiger partial charge in [-0.3, -0.25) is 4.98 Å². The Morgan fingerprint density at radius 2 is 2.15 bits per heavy atom. The average Bonchev–Trinajstić information content (AvgIpc) is 3.30. The van der Waals surface area contributed by atoms with E-state index >= 15 is 0 Å². The fourth-order valence-electron chi connectivity index (χ4n) is 2.10. The van der Waals surface area contributed by atoms with Gasteiger partial charge in [0, 0.05) is 11.8 Å². The third-order valence-corrected chi connectivity index (χ3v) is 3.33. The van der Waals surface area contributed by atoms with Crippen molar-refractivity contribution in [3.05, 3.63) is 53.9 Å². The van der Waals surface area contributed by atoms with E-state index in [1.165, 1.54) is 0 Å². The number of ether oxygens (including phenoxy) is 2. The lowest BCUT2D eigenvalue weighted by Crippen LogP contribution is -2.04. The second kappa shape index (κ2) is 5.51. The minimum Gasteiger partial charge on any atom is -0.495 e. The Labute approximate surface area is 118 Å². The van der Waals surface area contributed by atoms with E-state index in [1.807, 2.05) is 24.3 Å². The van der Waals surface area contributed by atoms with Crippen LogP contribution in [0.15, 0.2) is 42.7 Å². The molecule has 0 spiro atoms. The Kier molecular flexibility index (Phi) is 3.56. The van der Waals surface area contributed by atoms with Crippen molar-refractivity contribution in [3.8, 4) is 11.5 Å². The highest BCUT2D eigenvalue weighted by molar-refractivity contribution is 5.40. The molecule has 1 aromatic heterocycles. The number of aliphatic hydroxyl groups is 1. The summed E-state index contributed by atoms with van der Waals surface area (Å²) in [6.45, 7) is 0. The van der Waals surface area contributed by atoms with Gasteiger partial charge in [-0.2, -0.15) is 0 Å². The SMILES string of the molecule is COc1cnccc1C(O)c1cccc(OC2CC2)c1. The zero-order chi connectivity index (χ0) is 13.9. The molecule has 1 aliphatic carbocycles. The van der Waals surface area contributed by atoms with Crippen molar-refractivity contribution < 1.29 is 14.6 Å². The zero-order valence-corrected chi connectivity index (χ0v) is 11.3. The summed E-state index contributed by atoms with van der Waals surface area (Å²) in [5.74, 6) is 1.38. The topological polar surface area (TPSA) is 51.6 Å². The molecule has 2 aromatic rings. The van der Waals surface area contributed by atoms with Crippen LogP contribution in [0, 0.1) is 0 Å². The average molecular weight is 271 g/mol. The Bertz CT molecular complexity index is 596. The summed E-state index contributed by atoms with van der Waals surface area (Å²) in [5, 5.41) is 10.5. The summed E-state index contributed by atoms with van der Waals surface area (Å²) in [5.41, 5.74) is 1.48. The van der Waals surface area contributed by atoms with Gasteiger partial charge in [-0.05, 0) is 36.6 Å². The van der Waals surface area contributed by atoms with E-state index in [-0.39, 0.29) is 0 Å². The van der Waals surface area contributed by atoms with Gasteiger partial charge in [0.25, 0.3) is 0 Å². The number of benzene rings is 1. The molecular weight excluding hydrogens is 254 g/mol. The Balaban J connectivity index is 1.87. The first kappa shape index (κ1) is 12.9. The van der Waals surface area contributed by atoms with E-state index < -0.39 is 6.10 Å². The van der Waals surface area contributed by atoms with Crippen molar-refractivity contribution in [2.45, 2.75) is 25.0 Å². The highest BCUT2D eigenvalue weighted by Gasteiger charge is 2.24. The summed E-state index contributed by atoms with van der Waals surface area (Å²) >= 11 is 0. The number of aliphatic hydroxyl groups excluding tert-OH is 1. The van der Waals surface area contributed by atoms with Gasteiger partial charge in [0.15, 0.2) is 0 Å². The molecule has 3 rings (SSSR count). The molecule has 1 aromatic carbocycles. The van der Waals surface area contributed by atoms with Gasteiger partial charge < -0.3 is 14.6 Å². The van der Waals surface area contributed by atoms with Crippen LogP contribution in [0.2, 0.25) is 0 Å². The number of aromatic nitrogens is 1. The normalized spacial score (nSPS) is 15.7. The maximum Gasteiger partial charge on any atom is 0.143 e. The molecule has 1 aliphatic rings. The Morgan fingerprint density at radius 3 is 2.90 bits per heavy atom. The third kappa shape index (κ3) is 2.75. The molecule has 1 heterocycles. The smallest absolute Gasteiger partial charge is 0.143 e. The summed E-state index contributed by atoms with van der Waals surface area (Å²) in [6.07, 6.45) is 5.07. The quantitative estimate of drug-likeness (QED) is 0.908. The molecule has 4 heteroatoms. The molecule has 1 unspecified atom stereocenters. The second-order valence-electron chi connectivity index (χ2n) is 4.91. The van der Waals surface area contributed by atoms with E-state index in [1.54, 1.807) is 25.6 Å². The third-order valence-electron chi connectivity index (χ3n) is 3.33. The van der Waals surface area contributed by atoms with Crippen LogP contribution in [0.5, 0.6) is 11.5 Å². The predicted molar refractivity (Wildman–Crippen MR) is 74.9 cm³/mol. The summed E-state index contributed by atoms with van der Waals surface area (Å²) < 4.78 is 11.0. The molecule has 104 valence electrons. The lowest BCUT2D eigenvalue weighted by atomic mass is 10.0. The number of nitrogens with zero attached hydrogens (tertiary/aromatic N) is 1. The van der Waals surface area contributed by atoms with E-state index in [0.29, 0.717) is 17.4 Å².